The van der Waals surface area contributed by atoms with Crippen molar-refractivity contribution in [1.82, 2.24) is 10.2 Å². The maximum absolute atomic E-state index is 5.80. The maximum atomic E-state index is 5.80. The van der Waals surface area contributed by atoms with E-state index in [2.05, 4.69) is 45.0 Å². The van der Waals surface area contributed by atoms with Gasteiger partial charge in [-0.2, -0.15) is 0 Å². The predicted octanol–water partition coefficient (Wildman–Crippen LogP) is 2.65. The van der Waals surface area contributed by atoms with Crippen LogP contribution in [0.2, 0.25) is 0 Å². The van der Waals surface area contributed by atoms with Gasteiger partial charge in [-0.1, -0.05) is 0 Å². The monoisotopic (exact) mass is 256 g/mol. The average molecular weight is 256 g/mol. The highest BCUT2D eigenvalue weighted by molar-refractivity contribution is 4.75. The zero-order valence-electron chi connectivity index (χ0n) is 13.0. The number of nitrogens with zero attached hydrogens (tertiary/aromatic N) is 1. The van der Waals surface area contributed by atoms with E-state index in [0.29, 0.717) is 12.1 Å². The molecule has 2 atom stereocenters. The van der Waals surface area contributed by atoms with Gasteiger partial charge in [-0.25, -0.2) is 0 Å². The number of nitrogens with one attached hydrogen (secondary N) is 1. The molecule has 18 heavy (non-hydrogen) atoms. The lowest BCUT2D eigenvalue weighted by molar-refractivity contribution is -0.00752. The van der Waals surface area contributed by atoms with Crippen LogP contribution in [0.25, 0.3) is 0 Å². The van der Waals surface area contributed by atoms with Crippen molar-refractivity contribution in [2.75, 3.05) is 26.7 Å². The van der Waals surface area contributed by atoms with E-state index in [1.807, 2.05) is 0 Å². The Hall–Kier alpha value is -0.120. The topological polar surface area (TPSA) is 24.5 Å². The van der Waals surface area contributed by atoms with Crippen molar-refractivity contribution in [2.45, 2.75) is 71.1 Å². The summed E-state index contributed by atoms with van der Waals surface area (Å²) in [7, 11) is 2.22. The molecule has 1 aliphatic heterocycles. The Morgan fingerprint density at radius 1 is 1.33 bits per heavy atom. The molecule has 0 aliphatic carbocycles. The molecule has 1 aliphatic rings. The summed E-state index contributed by atoms with van der Waals surface area (Å²) in [6.07, 6.45) is 5.46. The van der Waals surface area contributed by atoms with Gasteiger partial charge in [-0.3, -0.25) is 0 Å². The van der Waals surface area contributed by atoms with Crippen molar-refractivity contribution in [3.63, 3.8) is 0 Å². The fourth-order valence-electron chi connectivity index (χ4n) is 2.33. The fourth-order valence-corrected chi connectivity index (χ4v) is 2.33. The number of likely N-dealkylation sites (N-methyl/N-ethyl adjacent to an activating group) is 1. The van der Waals surface area contributed by atoms with Gasteiger partial charge in [0.05, 0.1) is 6.10 Å². The second-order valence-corrected chi connectivity index (χ2v) is 6.74. The molecule has 0 saturated carbocycles. The van der Waals surface area contributed by atoms with E-state index in [0.717, 1.165) is 19.7 Å². The van der Waals surface area contributed by atoms with Crippen LogP contribution in [0.15, 0.2) is 0 Å². The Kier molecular flexibility index (Phi) is 6.61. The Morgan fingerprint density at radius 3 is 2.61 bits per heavy atom. The molecule has 3 nitrogen and oxygen atoms in total. The summed E-state index contributed by atoms with van der Waals surface area (Å²) in [6, 6.07) is 0.616. The number of hydrogen-bond donors (Lipinski definition) is 1. The third-order valence-electron chi connectivity index (χ3n) is 3.74. The van der Waals surface area contributed by atoms with Crippen LogP contribution in [0.1, 0.15) is 53.4 Å². The first-order chi connectivity index (χ1) is 8.38. The van der Waals surface area contributed by atoms with Crippen molar-refractivity contribution < 1.29 is 4.74 Å². The van der Waals surface area contributed by atoms with Crippen LogP contribution >= 0.6 is 0 Å². The van der Waals surface area contributed by atoms with Crippen molar-refractivity contribution in [2.24, 2.45) is 0 Å². The van der Waals surface area contributed by atoms with E-state index in [4.69, 9.17) is 4.74 Å². The fraction of sp³-hybridized carbons (Fsp3) is 1.00. The highest BCUT2D eigenvalue weighted by atomic mass is 16.5. The molecule has 0 aromatic rings. The second kappa shape index (κ2) is 7.46. The molecule has 0 bridgehead atoms. The summed E-state index contributed by atoms with van der Waals surface area (Å²) in [5.74, 6) is 0. The maximum Gasteiger partial charge on any atom is 0.0702 e. The first kappa shape index (κ1) is 15.9. The molecule has 2 unspecified atom stereocenters. The first-order valence-electron chi connectivity index (χ1n) is 7.45. The molecule has 1 saturated heterocycles. The highest BCUT2D eigenvalue weighted by Crippen LogP contribution is 2.15. The third kappa shape index (κ3) is 6.72. The molecule has 0 aromatic carbocycles. The average Bonchev–Trinajstić information content (AvgIpc) is 2.28. The number of ether oxygens (including phenoxy) is 1. The van der Waals surface area contributed by atoms with Crippen molar-refractivity contribution in [3.05, 3.63) is 0 Å². The van der Waals surface area contributed by atoms with Gasteiger partial charge in [0.15, 0.2) is 0 Å². The lowest BCUT2D eigenvalue weighted by atomic mass is 10.1. The van der Waals surface area contributed by atoms with Gasteiger partial charge in [0.1, 0.15) is 0 Å². The quantitative estimate of drug-likeness (QED) is 0.791. The molecule has 3 heteroatoms. The minimum atomic E-state index is 0.227. The summed E-state index contributed by atoms with van der Waals surface area (Å²) < 4.78 is 5.80. The Bertz CT molecular complexity index is 219. The molecule has 1 heterocycles. The normalized spacial score (nSPS) is 23.3. The summed E-state index contributed by atoms with van der Waals surface area (Å²) in [5, 5.41) is 3.55. The van der Waals surface area contributed by atoms with Crippen LogP contribution in [0.5, 0.6) is 0 Å². The van der Waals surface area contributed by atoms with Crippen LogP contribution in [0.3, 0.4) is 0 Å². The number of rotatable bonds is 6. The molecule has 1 fully saturated rings. The summed E-state index contributed by atoms with van der Waals surface area (Å²) in [6.45, 7) is 12.1. The zero-order chi connectivity index (χ0) is 13.6. The minimum absolute atomic E-state index is 0.227. The largest absolute Gasteiger partial charge is 0.377 e. The molecular formula is C15H32N2O. The molecule has 1 N–H and O–H groups in total. The SMILES string of the molecule is CC(CCNC(C)(C)C)N(C)CC1CCCCO1. The zero-order valence-corrected chi connectivity index (χ0v) is 13.0. The van der Waals surface area contributed by atoms with E-state index >= 15 is 0 Å². The van der Waals surface area contributed by atoms with Crippen LogP contribution in [0.4, 0.5) is 0 Å². The van der Waals surface area contributed by atoms with E-state index in [9.17, 15) is 0 Å². The molecule has 108 valence electrons. The smallest absolute Gasteiger partial charge is 0.0702 e. The molecule has 1 rings (SSSR count). The van der Waals surface area contributed by atoms with Crippen LogP contribution in [-0.2, 0) is 4.74 Å². The lowest BCUT2D eigenvalue weighted by Gasteiger charge is -2.31. The van der Waals surface area contributed by atoms with Gasteiger partial charge in [0.25, 0.3) is 0 Å². The van der Waals surface area contributed by atoms with E-state index in [1.165, 1.54) is 25.7 Å². The summed E-state index contributed by atoms with van der Waals surface area (Å²) in [5.41, 5.74) is 0.227. The first-order valence-corrected chi connectivity index (χ1v) is 7.45. The van der Waals surface area contributed by atoms with Gasteiger partial charge in [0, 0.05) is 24.7 Å². The third-order valence-corrected chi connectivity index (χ3v) is 3.74. The predicted molar refractivity (Wildman–Crippen MR) is 78.1 cm³/mol. The van der Waals surface area contributed by atoms with Gasteiger partial charge in [-0.15, -0.1) is 0 Å². The highest BCUT2D eigenvalue weighted by Gasteiger charge is 2.19. The summed E-state index contributed by atoms with van der Waals surface area (Å²) in [4.78, 5) is 2.44. The number of hydrogen-bond acceptors (Lipinski definition) is 3. The minimum Gasteiger partial charge on any atom is -0.377 e. The Morgan fingerprint density at radius 2 is 2.06 bits per heavy atom. The lowest BCUT2D eigenvalue weighted by Crippen LogP contribution is -2.42. The van der Waals surface area contributed by atoms with Crippen LogP contribution in [-0.4, -0.2) is 49.3 Å². The van der Waals surface area contributed by atoms with Gasteiger partial charge in [0.2, 0.25) is 0 Å². The standard InChI is InChI=1S/C15H32N2O/c1-13(9-10-16-15(2,3)4)17(5)12-14-8-6-7-11-18-14/h13-14,16H,6-12H2,1-5H3. The van der Waals surface area contributed by atoms with Crippen molar-refractivity contribution >= 4 is 0 Å². The van der Waals surface area contributed by atoms with Crippen LogP contribution in [0, 0.1) is 0 Å². The molecule has 0 aromatic heterocycles. The summed E-state index contributed by atoms with van der Waals surface area (Å²) >= 11 is 0. The molecule has 0 spiro atoms. The van der Waals surface area contributed by atoms with Crippen LogP contribution < -0.4 is 5.32 Å². The van der Waals surface area contributed by atoms with Gasteiger partial charge >= 0.3 is 0 Å². The van der Waals surface area contributed by atoms with Gasteiger partial charge < -0.3 is 15.0 Å². The van der Waals surface area contributed by atoms with Gasteiger partial charge in [-0.05, 0) is 67.0 Å². The van der Waals surface area contributed by atoms with Crippen molar-refractivity contribution in [3.8, 4) is 0 Å². The second-order valence-electron chi connectivity index (χ2n) is 6.74. The molecular weight excluding hydrogens is 224 g/mol. The molecule has 0 amide bonds. The van der Waals surface area contributed by atoms with E-state index in [-0.39, 0.29) is 5.54 Å². The van der Waals surface area contributed by atoms with E-state index < -0.39 is 0 Å². The Labute approximate surface area is 113 Å². The van der Waals surface area contributed by atoms with E-state index in [1.54, 1.807) is 0 Å². The Balaban J connectivity index is 2.17. The molecule has 0 radical (unpaired) electrons. The van der Waals surface area contributed by atoms with Crippen molar-refractivity contribution in [1.29, 1.82) is 0 Å².